The molecule has 0 fully saturated rings. The molecule has 9 amide bonds. The van der Waals surface area contributed by atoms with Crippen LogP contribution in [0.5, 0.6) is 0 Å². The largest absolute Gasteiger partial charge is 0.481 e. The zero-order valence-corrected chi connectivity index (χ0v) is 44.5. The molecule has 0 aliphatic rings. The molecule has 0 unspecified atom stereocenters. The van der Waals surface area contributed by atoms with Crippen LogP contribution in [0.1, 0.15) is 85.1 Å². The highest BCUT2D eigenvalue weighted by atomic mass is 16.4. The van der Waals surface area contributed by atoms with Gasteiger partial charge in [-0.1, -0.05) is 64.4 Å². The van der Waals surface area contributed by atoms with Crippen molar-refractivity contribution in [3.63, 3.8) is 0 Å². The lowest BCUT2D eigenvalue weighted by atomic mass is 9.97. The van der Waals surface area contributed by atoms with Gasteiger partial charge in [-0.05, 0) is 63.0 Å². The molecule has 0 heterocycles. The number of carboxylic acids is 2. The highest BCUT2D eigenvalue weighted by Gasteiger charge is 2.37. The Morgan fingerprint density at radius 2 is 1.09 bits per heavy atom. The lowest BCUT2D eigenvalue weighted by Crippen LogP contribution is -2.62. The number of benzene rings is 1. The van der Waals surface area contributed by atoms with Crippen molar-refractivity contribution in [2.45, 2.75) is 146 Å². The molecule has 0 spiro atoms. The summed E-state index contributed by atoms with van der Waals surface area (Å²) in [5, 5.41) is 69.9. The SMILES string of the molecule is CC[C@H](C)[C@H](NC(=O)[C@@H](NC(=O)[C@H](Cc1ccccc1)NC(=O)[C@H](CCCN=C(N)N)NC(=O)CNC(=O)[C@H](CCCCN)NC(=O)[C@@H](NC(=O)[C@H](CO)NC(=O)[C@@H](N)CC(=O)O)C(C)C)[C@@H](C)O)C(=O)N[C@@H](CO)C(=O)O. The first kappa shape index (κ1) is 68.5. The number of carboxylic acid groups (broad SMARTS) is 2. The zero-order chi connectivity index (χ0) is 59.2. The Bertz CT molecular complexity index is 2200. The Morgan fingerprint density at radius 3 is 1.63 bits per heavy atom. The first-order valence-electron chi connectivity index (χ1n) is 25.3. The summed E-state index contributed by atoms with van der Waals surface area (Å²) in [4.78, 5) is 148. The van der Waals surface area contributed by atoms with E-state index in [2.05, 4.69) is 52.8 Å². The summed E-state index contributed by atoms with van der Waals surface area (Å²) in [6, 6.07) is -5.41. The third-order valence-corrected chi connectivity index (χ3v) is 12.0. The summed E-state index contributed by atoms with van der Waals surface area (Å²) in [6.07, 6.45) is -1.62. The van der Waals surface area contributed by atoms with Crippen molar-refractivity contribution in [3.8, 4) is 0 Å². The predicted octanol–water partition coefficient (Wildman–Crippen LogP) is -6.64. The normalized spacial score (nSPS) is 15.3. The van der Waals surface area contributed by atoms with Gasteiger partial charge in [-0.25, -0.2) is 4.79 Å². The number of unbranched alkanes of at least 4 members (excludes halogenated alkanes) is 1. The van der Waals surface area contributed by atoms with Gasteiger partial charge in [0.15, 0.2) is 5.96 Å². The molecule has 30 heteroatoms. The number of nitrogens with zero attached hydrogens (tertiary/aromatic N) is 1. The second-order valence-electron chi connectivity index (χ2n) is 18.7. The maximum Gasteiger partial charge on any atom is 0.328 e. The minimum atomic E-state index is -1.76. The molecular weight excluding hydrogens is 1030 g/mol. The van der Waals surface area contributed by atoms with Crippen molar-refractivity contribution in [2.75, 3.05) is 32.8 Å². The van der Waals surface area contributed by atoms with Gasteiger partial charge >= 0.3 is 11.9 Å². The van der Waals surface area contributed by atoms with Crippen LogP contribution in [0.3, 0.4) is 0 Å². The molecule has 0 aliphatic carbocycles. The van der Waals surface area contributed by atoms with Gasteiger partial charge in [0, 0.05) is 13.0 Å². The molecule has 0 radical (unpaired) electrons. The summed E-state index contributed by atoms with van der Waals surface area (Å²) < 4.78 is 0. The molecule has 0 bridgehead atoms. The number of hydrogen-bond acceptors (Lipinski definition) is 17. The molecule has 1 aromatic carbocycles. The van der Waals surface area contributed by atoms with Gasteiger partial charge in [-0.15, -0.1) is 0 Å². The summed E-state index contributed by atoms with van der Waals surface area (Å²) in [5.41, 5.74) is 22.7. The fourth-order valence-electron chi connectivity index (χ4n) is 7.26. The molecule has 0 aliphatic heterocycles. The summed E-state index contributed by atoms with van der Waals surface area (Å²) in [6.45, 7) is 5.07. The van der Waals surface area contributed by atoms with Crippen LogP contribution in [0.4, 0.5) is 0 Å². The van der Waals surface area contributed by atoms with E-state index in [-0.39, 0.29) is 44.7 Å². The highest BCUT2D eigenvalue weighted by molar-refractivity contribution is 5.98. The van der Waals surface area contributed by atoms with Crippen LogP contribution in [-0.4, -0.2) is 190 Å². The molecule has 30 nitrogen and oxygen atoms in total. The molecule has 1 rings (SSSR count). The number of carbonyl (C=O) groups is 11. The maximum atomic E-state index is 14.2. The quantitative estimate of drug-likeness (QED) is 0.0167. The molecule has 11 atom stereocenters. The van der Waals surface area contributed by atoms with Crippen molar-refractivity contribution in [3.05, 3.63) is 35.9 Å². The predicted molar refractivity (Wildman–Crippen MR) is 279 cm³/mol. The van der Waals surface area contributed by atoms with Gasteiger partial charge in [-0.2, -0.15) is 0 Å². The van der Waals surface area contributed by atoms with Crippen molar-refractivity contribution < 1.29 is 78.3 Å². The Labute approximate surface area is 451 Å². The Hall–Kier alpha value is -7.54. The molecule has 0 aromatic heterocycles. The molecule has 1 aromatic rings. The van der Waals surface area contributed by atoms with Crippen molar-refractivity contribution in [2.24, 2.45) is 39.8 Å². The van der Waals surface area contributed by atoms with E-state index in [9.17, 15) is 73.2 Å². The minimum Gasteiger partial charge on any atom is -0.481 e. The third kappa shape index (κ3) is 25.1. The first-order valence-corrected chi connectivity index (χ1v) is 25.3. The second kappa shape index (κ2) is 35.7. The molecule has 78 heavy (non-hydrogen) atoms. The standard InChI is InChI=1S/C48H80N14O16/c1-6-25(4)37(45(75)59-33(23-64)47(77)78)61-46(76)38(26(5)65)62-42(72)31(19-27-13-8-7-9-14-27)57-41(71)30(16-12-18-53-48(51)52)55-34(66)21-54-40(70)29(15-10-11-17-49)56-44(74)36(24(2)3)60-43(73)32(22-63)58-39(69)28(50)20-35(67)68/h7-9,13-14,24-26,28-33,36-38,63-65H,6,10-12,15-23,49-50H2,1-5H3,(H,54,70)(H,55,66)(H,56,74)(H,57,71)(H,58,69)(H,59,75)(H,60,73)(H,61,76)(H,62,72)(H,67,68)(H,77,78)(H4,51,52,53)/t25-,26+,28-,29-,30-,31-,32-,33-,36-,37-,38-/m0/s1. The monoisotopic (exact) mass is 1110 g/mol. The number of amides is 9. The summed E-state index contributed by atoms with van der Waals surface area (Å²) in [7, 11) is 0. The van der Waals surface area contributed by atoms with Gasteiger partial charge in [0.05, 0.1) is 38.3 Å². The zero-order valence-electron chi connectivity index (χ0n) is 44.5. The molecule has 22 N–H and O–H groups in total. The smallest absolute Gasteiger partial charge is 0.328 e. The van der Waals surface area contributed by atoms with Crippen molar-refractivity contribution in [1.82, 2.24) is 47.9 Å². The van der Waals surface area contributed by atoms with Gasteiger partial charge in [0.25, 0.3) is 0 Å². The van der Waals surface area contributed by atoms with E-state index in [0.29, 0.717) is 24.8 Å². The third-order valence-electron chi connectivity index (χ3n) is 12.0. The van der Waals surface area contributed by atoms with E-state index in [1.807, 2.05) is 0 Å². The molecule has 0 saturated heterocycles. The molecule has 438 valence electrons. The molecule has 0 saturated carbocycles. The number of carbonyl (C=O) groups excluding carboxylic acids is 9. The van der Waals surface area contributed by atoms with Crippen LogP contribution in [0.2, 0.25) is 0 Å². The lowest BCUT2D eigenvalue weighted by Gasteiger charge is -2.29. The number of nitrogens with one attached hydrogen (secondary N) is 9. The number of rotatable bonds is 37. The Kier molecular flexibility index (Phi) is 31.4. The number of aliphatic carboxylic acids is 2. The van der Waals surface area contributed by atoms with Gasteiger partial charge in [-0.3, -0.25) is 52.9 Å². The van der Waals surface area contributed by atoms with Crippen LogP contribution in [0.25, 0.3) is 0 Å². The van der Waals surface area contributed by atoms with Crippen LogP contribution in [0.15, 0.2) is 35.3 Å². The number of aliphatic hydroxyl groups is 3. The van der Waals surface area contributed by atoms with E-state index in [1.54, 1.807) is 58.0 Å². The maximum absolute atomic E-state index is 14.2. The van der Waals surface area contributed by atoms with Gasteiger partial charge in [0.2, 0.25) is 53.2 Å². The minimum absolute atomic E-state index is 0.00414. The Balaban J connectivity index is 3.44. The van der Waals surface area contributed by atoms with Crippen LogP contribution in [-0.2, 0) is 59.2 Å². The fraction of sp³-hybridized carbons (Fsp3) is 0.625. The average molecular weight is 1110 g/mol. The number of guanidine groups is 1. The summed E-state index contributed by atoms with van der Waals surface area (Å²) >= 11 is 0. The second-order valence-corrected chi connectivity index (χ2v) is 18.7. The van der Waals surface area contributed by atoms with E-state index in [1.165, 1.54) is 6.92 Å². The first-order chi connectivity index (χ1) is 36.7. The van der Waals surface area contributed by atoms with E-state index < -0.39 is 164 Å². The van der Waals surface area contributed by atoms with Crippen LogP contribution >= 0.6 is 0 Å². The fourth-order valence-corrected chi connectivity index (χ4v) is 7.26. The molecular formula is C48H80N14O16. The topological polar surface area (TPSA) is 514 Å². The van der Waals surface area contributed by atoms with E-state index in [0.717, 1.165) is 0 Å². The number of aliphatic imine (C=N–C) groups is 1. The van der Waals surface area contributed by atoms with Crippen molar-refractivity contribution >= 4 is 71.1 Å². The number of hydrogen-bond donors (Lipinski definition) is 18. The lowest BCUT2D eigenvalue weighted by molar-refractivity contribution is -0.144. The van der Waals surface area contributed by atoms with Gasteiger partial charge < -0.3 is 96.3 Å². The van der Waals surface area contributed by atoms with E-state index in [4.69, 9.17) is 28.0 Å². The van der Waals surface area contributed by atoms with Crippen LogP contribution in [0, 0.1) is 11.8 Å². The van der Waals surface area contributed by atoms with Crippen molar-refractivity contribution in [1.29, 1.82) is 0 Å². The Morgan fingerprint density at radius 1 is 0.590 bits per heavy atom. The highest BCUT2D eigenvalue weighted by Crippen LogP contribution is 2.12. The number of nitrogens with two attached hydrogens (primary N) is 4. The number of aliphatic hydroxyl groups excluding tert-OH is 3. The van der Waals surface area contributed by atoms with Crippen LogP contribution < -0.4 is 70.8 Å². The van der Waals surface area contributed by atoms with Gasteiger partial charge in [0.1, 0.15) is 48.3 Å². The average Bonchev–Trinajstić information content (AvgIpc) is 3.38. The van der Waals surface area contributed by atoms with E-state index >= 15 is 0 Å². The summed E-state index contributed by atoms with van der Waals surface area (Å²) in [5.74, 6) is -13.2.